The molecule has 0 aromatic heterocycles. The van der Waals surface area contributed by atoms with Crippen molar-refractivity contribution in [3.8, 4) is 11.8 Å². The summed E-state index contributed by atoms with van der Waals surface area (Å²) in [4.78, 5) is 26.5. The van der Waals surface area contributed by atoms with Crippen LogP contribution >= 0.6 is 45.2 Å². The number of nitriles is 1. The molecule has 1 fully saturated rings. The van der Waals surface area contributed by atoms with E-state index in [4.69, 9.17) is 4.74 Å². The van der Waals surface area contributed by atoms with Gasteiger partial charge in [0.1, 0.15) is 18.1 Å². The van der Waals surface area contributed by atoms with Crippen molar-refractivity contribution in [2.45, 2.75) is 6.61 Å². The van der Waals surface area contributed by atoms with Crippen molar-refractivity contribution < 1.29 is 14.3 Å². The highest BCUT2D eigenvalue weighted by atomic mass is 127. The van der Waals surface area contributed by atoms with E-state index in [0.29, 0.717) is 22.6 Å². The Morgan fingerprint density at radius 1 is 1.03 bits per heavy atom. The van der Waals surface area contributed by atoms with Crippen LogP contribution in [0.5, 0.6) is 5.75 Å². The van der Waals surface area contributed by atoms with E-state index in [1.54, 1.807) is 42.5 Å². The first-order valence-electron chi connectivity index (χ1n) is 9.50. The largest absolute Gasteiger partial charge is 0.487 e. The first-order chi connectivity index (χ1) is 15.5. The summed E-state index contributed by atoms with van der Waals surface area (Å²) < 4.78 is 7.90. The van der Waals surface area contributed by atoms with E-state index >= 15 is 0 Å². The van der Waals surface area contributed by atoms with Gasteiger partial charge in [-0.2, -0.15) is 5.26 Å². The topological polar surface area (TPSA) is 82.4 Å². The second-order valence-corrected chi connectivity index (χ2v) is 9.24. The first kappa shape index (κ1) is 22.3. The van der Waals surface area contributed by atoms with Crippen molar-refractivity contribution in [2.24, 2.45) is 0 Å². The number of benzene rings is 3. The van der Waals surface area contributed by atoms with E-state index in [1.165, 1.54) is 0 Å². The van der Waals surface area contributed by atoms with E-state index < -0.39 is 11.9 Å². The van der Waals surface area contributed by atoms with Gasteiger partial charge in [0, 0.05) is 14.7 Å². The smallest absolute Gasteiger partial charge is 0.333 e. The first-order valence-corrected chi connectivity index (χ1v) is 11.7. The predicted octanol–water partition coefficient (Wildman–Crippen LogP) is 5.44. The number of carbonyl (C=O) groups is 2. The molecular weight excluding hydrogens is 632 g/mol. The summed E-state index contributed by atoms with van der Waals surface area (Å²) in [6.07, 6.45) is 1.62. The van der Waals surface area contributed by atoms with Gasteiger partial charge < -0.3 is 10.1 Å². The van der Waals surface area contributed by atoms with Gasteiger partial charge in [-0.3, -0.25) is 4.79 Å². The molecular formula is C24H15I2N3O3. The molecule has 1 N–H and O–H groups in total. The molecule has 6 nitrogen and oxygen atoms in total. The molecule has 32 heavy (non-hydrogen) atoms. The number of urea groups is 1. The van der Waals surface area contributed by atoms with E-state index in [0.717, 1.165) is 17.6 Å². The minimum Gasteiger partial charge on any atom is -0.487 e. The van der Waals surface area contributed by atoms with Crippen LogP contribution < -0.4 is 15.0 Å². The number of anilines is 1. The Morgan fingerprint density at radius 2 is 1.75 bits per heavy atom. The molecule has 0 saturated carbocycles. The average molecular weight is 647 g/mol. The Bertz CT molecular complexity index is 1280. The van der Waals surface area contributed by atoms with Crippen molar-refractivity contribution in [3.63, 3.8) is 0 Å². The molecule has 0 unspecified atom stereocenters. The van der Waals surface area contributed by atoms with E-state index in [2.05, 4.69) is 56.6 Å². The summed E-state index contributed by atoms with van der Waals surface area (Å²) in [5.41, 5.74) is 2.64. The molecule has 0 bridgehead atoms. The van der Waals surface area contributed by atoms with Crippen LogP contribution in [-0.2, 0) is 11.4 Å². The molecule has 3 aromatic rings. The van der Waals surface area contributed by atoms with Crippen LogP contribution in [0.15, 0.2) is 72.4 Å². The number of amides is 3. The Kier molecular flexibility index (Phi) is 6.76. The lowest BCUT2D eigenvalue weighted by Crippen LogP contribution is -2.30. The number of carbonyl (C=O) groups excluding carboxylic acids is 2. The summed E-state index contributed by atoms with van der Waals surface area (Å²) in [7, 11) is 0. The number of rotatable bonds is 5. The van der Waals surface area contributed by atoms with Crippen molar-refractivity contribution in [1.29, 1.82) is 5.26 Å². The quantitative estimate of drug-likeness (QED) is 0.227. The second kappa shape index (κ2) is 9.70. The monoisotopic (exact) mass is 647 g/mol. The maximum Gasteiger partial charge on any atom is 0.333 e. The molecule has 158 valence electrons. The van der Waals surface area contributed by atoms with Crippen molar-refractivity contribution in [2.75, 3.05) is 4.90 Å². The molecule has 4 rings (SSSR count). The van der Waals surface area contributed by atoms with Gasteiger partial charge in [-0.15, -0.1) is 0 Å². The third-order valence-electron chi connectivity index (χ3n) is 4.74. The van der Waals surface area contributed by atoms with Crippen LogP contribution in [0.2, 0.25) is 0 Å². The lowest BCUT2D eigenvalue weighted by atomic mass is 10.1. The van der Waals surface area contributed by atoms with Crippen molar-refractivity contribution in [3.05, 3.63) is 96.3 Å². The Hall–Kier alpha value is -2.91. The van der Waals surface area contributed by atoms with Gasteiger partial charge >= 0.3 is 6.03 Å². The molecule has 0 radical (unpaired) electrons. The van der Waals surface area contributed by atoms with Gasteiger partial charge in [0.2, 0.25) is 0 Å². The van der Waals surface area contributed by atoms with Crippen LogP contribution in [0.4, 0.5) is 10.5 Å². The molecule has 8 heteroatoms. The summed E-state index contributed by atoms with van der Waals surface area (Å²) in [6, 6.07) is 21.5. The zero-order valence-corrected chi connectivity index (χ0v) is 20.8. The summed E-state index contributed by atoms with van der Waals surface area (Å²) in [6.45, 7) is 0.201. The van der Waals surface area contributed by atoms with E-state index in [-0.39, 0.29) is 12.3 Å². The SMILES string of the molecule is N#Cc1ccccc1COc1c(I)cc(I)cc1/C=C1/NC(=O)N(c2ccccc2)C1=O. The molecule has 0 atom stereocenters. The molecule has 3 amide bonds. The molecule has 3 aromatic carbocycles. The lowest BCUT2D eigenvalue weighted by Gasteiger charge is -2.13. The van der Waals surface area contributed by atoms with Gasteiger partial charge in [0.25, 0.3) is 5.91 Å². The van der Waals surface area contributed by atoms with E-state index in [9.17, 15) is 14.9 Å². The Morgan fingerprint density at radius 3 is 2.50 bits per heavy atom. The minimum atomic E-state index is -0.502. The number of halogens is 2. The van der Waals surface area contributed by atoms with Gasteiger partial charge in [-0.25, -0.2) is 9.69 Å². The molecule has 1 aliphatic rings. The molecule has 1 aliphatic heterocycles. The summed E-state index contributed by atoms with van der Waals surface area (Å²) in [5, 5.41) is 12.0. The molecule has 0 aliphatic carbocycles. The molecule has 1 heterocycles. The lowest BCUT2D eigenvalue weighted by molar-refractivity contribution is -0.113. The zero-order chi connectivity index (χ0) is 22.7. The van der Waals surface area contributed by atoms with Crippen LogP contribution in [0.1, 0.15) is 16.7 Å². The predicted molar refractivity (Wildman–Crippen MR) is 138 cm³/mol. The fourth-order valence-corrected chi connectivity index (χ4v) is 5.29. The highest BCUT2D eigenvalue weighted by Crippen LogP contribution is 2.32. The van der Waals surface area contributed by atoms with Gasteiger partial charge in [0.05, 0.1) is 20.9 Å². The maximum absolute atomic E-state index is 13.0. The van der Waals surface area contributed by atoms with Crippen LogP contribution in [0.3, 0.4) is 0 Å². The molecule has 0 spiro atoms. The average Bonchev–Trinajstić information content (AvgIpc) is 3.06. The van der Waals surface area contributed by atoms with Crippen LogP contribution in [0, 0.1) is 18.5 Å². The summed E-state index contributed by atoms with van der Waals surface area (Å²) >= 11 is 4.37. The highest BCUT2D eigenvalue weighted by Gasteiger charge is 2.35. The number of ether oxygens (including phenoxy) is 1. The number of para-hydroxylation sites is 1. The zero-order valence-electron chi connectivity index (χ0n) is 16.5. The number of nitrogens with zero attached hydrogens (tertiary/aromatic N) is 2. The van der Waals surface area contributed by atoms with Gasteiger partial charge in [-0.1, -0.05) is 36.4 Å². The fraction of sp³-hybridized carbons (Fsp3) is 0.0417. The standard InChI is InChI=1S/C24H15I2N3O3/c25-18-10-17(11-21-23(30)29(24(31)28-21)19-8-2-1-3-9-19)22(20(26)12-18)32-14-16-7-5-4-6-15(16)13-27/h1-12H,14H2,(H,28,31)/b21-11+. The Balaban J connectivity index is 1.67. The maximum atomic E-state index is 13.0. The summed E-state index contributed by atoms with van der Waals surface area (Å²) in [5.74, 6) is 0.141. The van der Waals surface area contributed by atoms with Crippen LogP contribution in [0.25, 0.3) is 6.08 Å². The van der Waals surface area contributed by atoms with Crippen molar-refractivity contribution >= 4 is 68.9 Å². The third kappa shape index (κ3) is 4.63. The minimum absolute atomic E-state index is 0.166. The fourth-order valence-electron chi connectivity index (χ4n) is 3.25. The normalized spacial score (nSPS) is 14.4. The third-order valence-corrected chi connectivity index (χ3v) is 6.16. The number of nitrogens with one attached hydrogen (secondary N) is 1. The number of hydrogen-bond donors (Lipinski definition) is 1. The van der Waals surface area contributed by atoms with Crippen LogP contribution in [-0.4, -0.2) is 11.9 Å². The highest BCUT2D eigenvalue weighted by molar-refractivity contribution is 14.1. The molecule has 1 saturated heterocycles. The Labute approximate surface area is 212 Å². The van der Waals surface area contributed by atoms with Gasteiger partial charge in [0.15, 0.2) is 0 Å². The number of hydrogen-bond acceptors (Lipinski definition) is 4. The second-order valence-electron chi connectivity index (χ2n) is 6.83. The van der Waals surface area contributed by atoms with Crippen molar-refractivity contribution in [1.82, 2.24) is 5.32 Å². The number of imide groups is 1. The van der Waals surface area contributed by atoms with E-state index in [1.807, 2.05) is 30.3 Å². The van der Waals surface area contributed by atoms with Gasteiger partial charge in [-0.05, 0) is 81.6 Å².